The summed E-state index contributed by atoms with van der Waals surface area (Å²) in [7, 11) is 1.54. The molecule has 1 fully saturated rings. The average Bonchev–Trinajstić information content (AvgIpc) is 3.17. The lowest BCUT2D eigenvalue weighted by Gasteiger charge is -2.35. The van der Waals surface area contributed by atoms with Crippen LogP contribution in [0.25, 0.3) is 0 Å². The van der Waals surface area contributed by atoms with Gasteiger partial charge in [-0.1, -0.05) is 42.5 Å². The zero-order chi connectivity index (χ0) is 21.1. The molecule has 1 N–H and O–H groups in total. The van der Waals surface area contributed by atoms with Gasteiger partial charge in [0.1, 0.15) is 5.75 Å². The molecule has 4 rings (SSSR count). The number of anilines is 1. The average molecular weight is 407 g/mol. The fourth-order valence-corrected chi connectivity index (χ4v) is 4.02. The van der Waals surface area contributed by atoms with Crippen molar-refractivity contribution in [2.45, 2.75) is 18.9 Å². The highest BCUT2D eigenvalue weighted by Crippen LogP contribution is 2.35. The second-order valence-corrected chi connectivity index (χ2v) is 7.61. The first-order valence-electron chi connectivity index (χ1n) is 10.2. The van der Waals surface area contributed by atoms with E-state index in [1.165, 1.54) is 0 Å². The van der Waals surface area contributed by atoms with E-state index >= 15 is 0 Å². The Bertz CT molecular complexity index is 946. The molecule has 0 aromatic heterocycles. The van der Waals surface area contributed by atoms with Crippen LogP contribution >= 0.6 is 0 Å². The van der Waals surface area contributed by atoms with E-state index in [4.69, 9.17) is 4.74 Å². The summed E-state index contributed by atoms with van der Waals surface area (Å²) in [6.45, 7) is 1.12. The van der Waals surface area contributed by atoms with Crippen LogP contribution in [0.15, 0.2) is 54.6 Å². The molecule has 156 valence electrons. The normalized spacial score (nSPS) is 20.5. The molecule has 2 aliphatic rings. The second kappa shape index (κ2) is 8.57. The van der Waals surface area contributed by atoms with Crippen LogP contribution in [-0.4, -0.2) is 55.4 Å². The van der Waals surface area contributed by atoms with Crippen molar-refractivity contribution in [2.75, 3.05) is 31.6 Å². The van der Waals surface area contributed by atoms with E-state index in [-0.39, 0.29) is 30.7 Å². The van der Waals surface area contributed by atoms with Crippen LogP contribution in [0.3, 0.4) is 0 Å². The molecular formula is C23H25N3O4. The van der Waals surface area contributed by atoms with E-state index < -0.39 is 12.0 Å². The molecule has 2 aliphatic heterocycles. The van der Waals surface area contributed by atoms with Crippen LogP contribution in [-0.2, 0) is 20.8 Å². The fourth-order valence-electron chi connectivity index (χ4n) is 4.02. The van der Waals surface area contributed by atoms with Crippen molar-refractivity contribution in [3.8, 4) is 5.75 Å². The van der Waals surface area contributed by atoms with E-state index in [2.05, 4.69) is 5.32 Å². The lowest BCUT2D eigenvalue weighted by atomic mass is 10.0. The van der Waals surface area contributed by atoms with Crippen molar-refractivity contribution in [3.63, 3.8) is 0 Å². The first-order valence-corrected chi connectivity index (χ1v) is 10.2. The lowest BCUT2D eigenvalue weighted by molar-refractivity contribution is -0.129. The van der Waals surface area contributed by atoms with Gasteiger partial charge in [0.15, 0.2) is 6.10 Å². The van der Waals surface area contributed by atoms with Gasteiger partial charge in [-0.2, -0.15) is 0 Å². The molecule has 0 aliphatic carbocycles. The third kappa shape index (κ3) is 4.01. The van der Waals surface area contributed by atoms with E-state index in [9.17, 15) is 14.4 Å². The molecule has 0 spiro atoms. The van der Waals surface area contributed by atoms with Crippen molar-refractivity contribution < 1.29 is 19.1 Å². The van der Waals surface area contributed by atoms with Gasteiger partial charge >= 0.3 is 0 Å². The molecule has 2 heterocycles. The molecule has 1 saturated heterocycles. The van der Waals surface area contributed by atoms with Crippen LogP contribution in [0.4, 0.5) is 5.69 Å². The summed E-state index contributed by atoms with van der Waals surface area (Å²) in [5.41, 5.74) is 1.80. The van der Waals surface area contributed by atoms with Gasteiger partial charge in [0, 0.05) is 26.6 Å². The Hall–Kier alpha value is -3.35. The SMILES string of the molecule is CNC(=O)C1CN(C(=O)C2CC(=O)N(CCc3ccccc3)C2)c2ccccc2O1. The number of carbonyl (C=O) groups is 3. The second-order valence-electron chi connectivity index (χ2n) is 7.61. The van der Waals surface area contributed by atoms with Crippen LogP contribution in [0.2, 0.25) is 0 Å². The predicted molar refractivity (Wildman–Crippen MR) is 112 cm³/mol. The maximum absolute atomic E-state index is 13.3. The number of amides is 3. The molecule has 7 nitrogen and oxygen atoms in total. The van der Waals surface area contributed by atoms with Gasteiger partial charge < -0.3 is 19.9 Å². The van der Waals surface area contributed by atoms with Crippen molar-refractivity contribution in [2.24, 2.45) is 5.92 Å². The Morgan fingerprint density at radius 2 is 1.80 bits per heavy atom. The molecule has 30 heavy (non-hydrogen) atoms. The van der Waals surface area contributed by atoms with E-state index in [1.807, 2.05) is 36.4 Å². The number of likely N-dealkylation sites (tertiary alicyclic amines) is 1. The van der Waals surface area contributed by atoms with Crippen molar-refractivity contribution >= 4 is 23.4 Å². The standard InChI is InChI=1S/C23H25N3O4/c1-24-22(28)20-15-26(18-9-5-6-10-19(18)30-20)23(29)17-13-21(27)25(14-17)12-11-16-7-3-2-4-8-16/h2-10,17,20H,11-15H2,1H3,(H,24,28). The van der Waals surface area contributed by atoms with Gasteiger partial charge in [-0.15, -0.1) is 0 Å². The monoisotopic (exact) mass is 407 g/mol. The first kappa shape index (κ1) is 19.9. The molecule has 0 bridgehead atoms. The van der Waals surface area contributed by atoms with Gasteiger partial charge in [0.25, 0.3) is 5.91 Å². The van der Waals surface area contributed by atoms with Crippen molar-refractivity contribution in [3.05, 3.63) is 60.2 Å². The summed E-state index contributed by atoms with van der Waals surface area (Å²) >= 11 is 0. The lowest BCUT2D eigenvalue weighted by Crippen LogP contribution is -2.51. The zero-order valence-electron chi connectivity index (χ0n) is 16.9. The van der Waals surface area contributed by atoms with Crippen LogP contribution in [0.5, 0.6) is 5.75 Å². The number of nitrogens with one attached hydrogen (secondary N) is 1. The Kier molecular flexibility index (Phi) is 5.70. The highest BCUT2D eigenvalue weighted by molar-refractivity contribution is 6.01. The predicted octanol–water partition coefficient (Wildman–Crippen LogP) is 1.62. The number of hydrogen-bond donors (Lipinski definition) is 1. The summed E-state index contributed by atoms with van der Waals surface area (Å²) in [4.78, 5) is 41.4. The zero-order valence-corrected chi connectivity index (χ0v) is 16.9. The number of fused-ring (bicyclic) bond motifs is 1. The van der Waals surface area contributed by atoms with Crippen LogP contribution in [0, 0.1) is 5.92 Å². The van der Waals surface area contributed by atoms with Gasteiger partial charge in [-0.3, -0.25) is 14.4 Å². The number of nitrogens with zero attached hydrogens (tertiary/aromatic N) is 2. The van der Waals surface area contributed by atoms with Gasteiger partial charge in [0.2, 0.25) is 11.8 Å². The van der Waals surface area contributed by atoms with E-state index in [0.717, 1.165) is 12.0 Å². The topological polar surface area (TPSA) is 79.0 Å². The number of likely N-dealkylation sites (N-methyl/N-ethyl adjacent to an activating group) is 1. The van der Waals surface area contributed by atoms with Crippen molar-refractivity contribution in [1.29, 1.82) is 0 Å². The molecule has 3 amide bonds. The van der Waals surface area contributed by atoms with Crippen molar-refractivity contribution in [1.82, 2.24) is 10.2 Å². The van der Waals surface area contributed by atoms with Gasteiger partial charge in [0.05, 0.1) is 18.2 Å². The minimum atomic E-state index is -0.778. The fraction of sp³-hybridized carbons (Fsp3) is 0.348. The van der Waals surface area contributed by atoms with E-state index in [0.29, 0.717) is 24.5 Å². The van der Waals surface area contributed by atoms with E-state index in [1.54, 1.807) is 35.0 Å². The third-order valence-corrected chi connectivity index (χ3v) is 5.66. The highest BCUT2D eigenvalue weighted by atomic mass is 16.5. The maximum Gasteiger partial charge on any atom is 0.262 e. The molecule has 2 unspecified atom stereocenters. The smallest absolute Gasteiger partial charge is 0.262 e. The Morgan fingerprint density at radius 3 is 2.57 bits per heavy atom. The highest BCUT2D eigenvalue weighted by Gasteiger charge is 2.40. The Balaban J connectivity index is 1.47. The number of para-hydroxylation sites is 2. The molecule has 7 heteroatoms. The molecule has 2 atom stereocenters. The minimum absolute atomic E-state index is 0.00585. The number of ether oxygens (including phenoxy) is 1. The molecule has 2 aromatic carbocycles. The maximum atomic E-state index is 13.3. The molecular weight excluding hydrogens is 382 g/mol. The minimum Gasteiger partial charge on any atom is -0.477 e. The quantitative estimate of drug-likeness (QED) is 0.817. The summed E-state index contributed by atoms with van der Waals surface area (Å²) < 4.78 is 5.77. The molecule has 0 radical (unpaired) electrons. The van der Waals surface area contributed by atoms with Gasteiger partial charge in [-0.25, -0.2) is 0 Å². The number of carbonyl (C=O) groups excluding carboxylic acids is 3. The molecule has 2 aromatic rings. The summed E-state index contributed by atoms with van der Waals surface area (Å²) in [6, 6.07) is 17.2. The van der Waals surface area contributed by atoms with Crippen LogP contribution in [0.1, 0.15) is 12.0 Å². The summed E-state index contributed by atoms with van der Waals surface area (Å²) in [5, 5.41) is 2.58. The molecule has 0 saturated carbocycles. The Labute approximate surface area is 175 Å². The first-order chi connectivity index (χ1) is 14.6. The number of rotatable bonds is 5. The Morgan fingerprint density at radius 1 is 1.07 bits per heavy atom. The van der Waals surface area contributed by atoms with Crippen LogP contribution < -0.4 is 15.0 Å². The van der Waals surface area contributed by atoms with Gasteiger partial charge in [-0.05, 0) is 24.1 Å². The third-order valence-electron chi connectivity index (χ3n) is 5.66. The number of benzene rings is 2. The largest absolute Gasteiger partial charge is 0.477 e. The number of hydrogen-bond acceptors (Lipinski definition) is 4. The summed E-state index contributed by atoms with van der Waals surface area (Å²) in [6.07, 6.45) is 0.171. The summed E-state index contributed by atoms with van der Waals surface area (Å²) in [5.74, 6) is -0.362.